The van der Waals surface area contributed by atoms with Crippen molar-refractivity contribution in [2.75, 3.05) is 9.80 Å². The van der Waals surface area contributed by atoms with Gasteiger partial charge in [-0.05, 0) is 155 Å². The molecule has 10 rings (SSSR count). The van der Waals surface area contributed by atoms with Crippen LogP contribution in [0, 0.1) is 6.92 Å². The highest BCUT2D eigenvalue weighted by Gasteiger charge is 2.49. The van der Waals surface area contributed by atoms with Gasteiger partial charge in [0.2, 0.25) is 0 Å². The zero-order valence-corrected chi connectivity index (χ0v) is 41.5. The van der Waals surface area contributed by atoms with E-state index in [1.165, 1.54) is 106 Å². The number of anilines is 6. The zero-order chi connectivity index (χ0) is 46.2. The van der Waals surface area contributed by atoms with E-state index in [0.717, 1.165) is 6.42 Å². The summed E-state index contributed by atoms with van der Waals surface area (Å²) in [6, 6.07) is 54.1. The van der Waals surface area contributed by atoms with Crippen molar-refractivity contribution in [2.24, 2.45) is 0 Å². The van der Waals surface area contributed by atoms with E-state index in [0.29, 0.717) is 0 Å². The minimum absolute atomic E-state index is 0.0133. The molecule has 0 fully saturated rings. The predicted molar refractivity (Wildman–Crippen MR) is 283 cm³/mol. The Morgan fingerprint density at radius 1 is 0.415 bits per heavy atom. The zero-order valence-electron chi connectivity index (χ0n) is 41.5. The molecule has 2 aliphatic heterocycles. The van der Waals surface area contributed by atoms with Crippen LogP contribution in [-0.2, 0) is 27.1 Å². The summed E-state index contributed by atoms with van der Waals surface area (Å²) >= 11 is 0. The second kappa shape index (κ2) is 14.6. The lowest BCUT2D eigenvalue weighted by Gasteiger charge is -2.46. The lowest BCUT2D eigenvalue weighted by molar-refractivity contribution is 0.403. The molecule has 0 unspecified atom stereocenters. The van der Waals surface area contributed by atoms with E-state index in [2.05, 4.69) is 246 Å². The summed E-state index contributed by atoms with van der Waals surface area (Å²) in [6.45, 7) is 33.4. The van der Waals surface area contributed by atoms with Gasteiger partial charge in [0.05, 0.1) is 5.69 Å². The molecule has 0 spiro atoms. The lowest BCUT2D eigenvalue weighted by atomic mass is 9.33. The van der Waals surface area contributed by atoms with Crippen LogP contribution in [0.4, 0.5) is 34.1 Å². The van der Waals surface area contributed by atoms with Crippen molar-refractivity contribution in [3.63, 3.8) is 0 Å². The van der Waals surface area contributed by atoms with Crippen LogP contribution >= 0.6 is 0 Å². The van der Waals surface area contributed by atoms with Gasteiger partial charge in [-0.15, -0.1) is 0 Å². The summed E-state index contributed by atoms with van der Waals surface area (Å²) in [5, 5.41) is 0. The molecule has 7 aromatic rings. The molecule has 3 heteroatoms. The summed E-state index contributed by atoms with van der Waals surface area (Å²) in [5.74, 6) is 0. The summed E-state index contributed by atoms with van der Waals surface area (Å²) in [7, 11) is 0. The topological polar surface area (TPSA) is 6.48 Å². The molecule has 0 amide bonds. The molecule has 328 valence electrons. The third-order valence-corrected chi connectivity index (χ3v) is 15.0. The van der Waals surface area contributed by atoms with E-state index < -0.39 is 0 Å². The van der Waals surface area contributed by atoms with E-state index in [1.54, 1.807) is 0 Å². The number of fused-ring (bicyclic) bond motifs is 5. The van der Waals surface area contributed by atoms with Crippen LogP contribution in [0.25, 0.3) is 22.3 Å². The molecule has 0 aromatic heterocycles. The Labute approximate surface area is 390 Å². The van der Waals surface area contributed by atoms with Crippen LogP contribution in [0.3, 0.4) is 0 Å². The van der Waals surface area contributed by atoms with Crippen LogP contribution < -0.4 is 26.2 Å². The van der Waals surface area contributed by atoms with Crippen molar-refractivity contribution in [3.8, 4) is 22.3 Å². The molecule has 0 atom stereocenters. The first kappa shape index (κ1) is 43.1. The Kier molecular flexibility index (Phi) is 9.69. The molecule has 0 radical (unpaired) electrons. The Bertz CT molecular complexity index is 3020. The normalized spacial score (nSPS) is 15.9. The Morgan fingerprint density at radius 3 is 1.48 bits per heavy atom. The van der Waals surface area contributed by atoms with Crippen molar-refractivity contribution in [2.45, 2.75) is 130 Å². The third kappa shape index (κ3) is 7.08. The minimum atomic E-state index is -0.122. The quantitative estimate of drug-likeness (QED) is 0.163. The molecular weight excluding hydrogens is 784 g/mol. The van der Waals surface area contributed by atoms with Gasteiger partial charge in [-0.25, -0.2) is 0 Å². The van der Waals surface area contributed by atoms with E-state index in [1.807, 2.05) is 0 Å². The SMILES string of the molecule is Cc1cc(-c2ccccc2)ccc1N1c2cc3c(cc2B2c4cc(C(C)(C)C)ccc4N(c4ccc(C(C)(C)C)cc4-c4ccccc4)c4cc(C(C)(C)C)cc1c42)C(C)(C)CC3(C)C. The molecule has 3 aliphatic rings. The fourth-order valence-electron chi connectivity index (χ4n) is 11.6. The van der Waals surface area contributed by atoms with E-state index in [4.69, 9.17) is 0 Å². The molecule has 2 heterocycles. The number of benzene rings is 7. The Balaban J connectivity index is 1.35. The van der Waals surface area contributed by atoms with Gasteiger partial charge in [0.15, 0.2) is 0 Å². The van der Waals surface area contributed by atoms with Gasteiger partial charge in [-0.1, -0.05) is 181 Å². The molecule has 2 nitrogen and oxygen atoms in total. The minimum Gasteiger partial charge on any atom is -0.311 e. The maximum atomic E-state index is 2.67. The molecule has 7 aromatic carbocycles. The highest BCUT2D eigenvalue weighted by atomic mass is 15.2. The Hall–Kier alpha value is -5.80. The molecule has 0 bridgehead atoms. The van der Waals surface area contributed by atoms with Crippen molar-refractivity contribution >= 4 is 57.2 Å². The first-order valence-electron chi connectivity index (χ1n) is 24.0. The van der Waals surface area contributed by atoms with Crippen molar-refractivity contribution in [1.29, 1.82) is 0 Å². The highest BCUT2D eigenvalue weighted by molar-refractivity contribution is 7.00. The predicted octanol–water partition coefficient (Wildman–Crippen LogP) is 15.3. The van der Waals surface area contributed by atoms with Gasteiger partial charge in [-0.2, -0.15) is 0 Å². The van der Waals surface area contributed by atoms with E-state index >= 15 is 0 Å². The average molecular weight is 851 g/mol. The molecule has 65 heavy (non-hydrogen) atoms. The summed E-state index contributed by atoms with van der Waals surface area (Å²) in [4.78, 5) is 5.32. The number of hydrogen-bond acceptors (Lipinski definition) is 2. The highest BCUT2D eigenvalue weighted by Crippen LogP contribution is 2.54. The molecule has 1 aliphatic carbocycles. The molecule has 0 saturated carbocycles. The standard InChI is InChI=1S/C62H67BN2/c1-39-31-42(40-21-17-15-18-22-40)25-28-51(39)64-54-37-48-47(61(11,12)38-62(48,13)14)36-50(54)63-49-33-44(59(5,6)7)27-30-53(49)65(56-35-45(60(8,9)10)34-55(64)57(56)63)52-29-26-43(58(2,3)4)32-46(52)41-23-19-16-20-24-41/h15-37H,38H2,1-14H3. The average Bonchev–Trinajstić information content (AvgIpc) is 3.43. The van der Waals surface area contributed by atoms with Gasteiger partial charge < -0.3 is 9.80 Å². The van der Waals surface area contributed by atoms with Crippen LogP contribution in [-0.4, -0.2) is 6.71 Å². The van der Waals surface area contributed by atoms with Crippen LogP contribution in [0.2, 0.25) is 0 Å². The molecule has 0 saturated heterocycles. The van der Waals surface area contributed by atoms with Gasteiger partial charge in [0.25, 0.3) is 6.71 Å². The van der Waals surface area contributed by atoms with Gasteiger partial charge in [0.1, 0.15) is 0 Å². The van der Waals surface area contributed by atoms with E-state index in [9.17, 15) is 0 Å². The maximum absolute atomic E-state index is 2.67. The number of hydrogen-bond donors (Lipinski definition) is 0. The van der Waals surface area contributed by atoms with Gasteiger partial charge in [-0.3, -0.25) is 0 Å². The number of rotatable bonds is 4. The summed E-state index contributed by atoms with van der Waals surface area (Å²) in [5.41, 5.74) is 24.8. The number of aryl methyl sites for hydroxylation is 1. The van der Waals surface area contributed by atoms with Crippen molar-refractivity contribution in [3.05, 3.63) is 173 Å². The fraction of sp³-hybridized carbons (Fsp3) is 0.323. The first-order valence-corrected chi connectivity index (χ1v) is 24.0. The smallest absolute Gasteiger partial charge is 0.252 e. The largest absolute Gasteiger partial charge is 0.311 e. The molecular formula is C62H67BN2. The van der Waals surface area contributed by atoms with E-state index in [-0.39, 0.29) is 33.8 Å². The monoisotopic (exact) mass is 851 g/mol. The van der Waals surface area contributed by atoms with Crippen LogP contribution in [0.15, 0.2) is 140 Å². The number of nitrogens with zero attached hydrogens (tertiary/aromatic N) is 2. The van der Waals surface area contributed by atoms with Gasteiger partial charge in [0, 0.05) is 34.0 Å². The fourth-order valence-corrected chi connectivity index (χ4v) is 11.6. The third-order valence-electron chi connectivity index (χ3n) is 15.0. The molecule has 0 N–H and O–H groups in total. The Morgan fingerprint density at radius 2 is 0.908 bits per heavy atom. The van der Waals surface area contributed by atoms with Crippen LogP contribution in [0.1, 0.15) is 130 Å². The first-order chi connectivity index (χ1) is 30.5. The summed E-state index contributed by atoms with van der Waals surface area (Å²) in [6.07, 6.45) is 1.12. The lowest BCUT2D eigenvalue weighted by Crippen LogP contribution is -2.62. The van der Waals surface area contributed by atoms with Gasteiger partial charge >= 0.3 is 0 Å². The van der Waals surface area contributed by atoms with Crippen molar-refractivity contribution in [1.82, 2.24) is 0 Å². The second-order valence-corrected chi connectivity index (χ2v) is 23.9. The maximum Gasteiger partial charge on any atom is 0.252 e. The summed E-state index contributed by atoms with van der Waals surface area (Å²) < 4.78 is 0. The van der Waals surface area contributed by atoms with Crippen LogP contribution in [0.5, 0.6) is 0 Å². The second-order valence-electron chi connectivity index (χ2n) is 23.9. The van der Waals surface area contributed by atoms with Crippen molar-refractivity contribution < 1.29 is 0 Å².